The van der Waals surface area contributed by atoms with Gasteiger partial charge in [0.2, 0.25) is 0 Å². The van der Waals surface area contributed by atoms with Crippen LogP contribution in [-0.2, 0) is 0 Å². The molecule has 0 fully saturated rings. The third kappa shape index (κ3) is 3.38. The number of rotatable bonds is 2. The Morgan fingerprint density at radius 1 is 1.33 bits per heavy atom. The first kappa shape index (κ1) is 10.4. The van der Waals surface area contributed by atoms with E-state index in [4.69, 9.17) is 0 Å². The van der Waals surface area contributed by atoms with E-state index in [1.165, 1.54) is 15.7 Å². The Balaban J connectivity index is 2.84. The lowest BCUT2D eigenvalue weighted by atomic mass is 10.2. The summed E-state index contributed by atoms with van der Waals surface area (Å²) in [5, 5.41) is 0. The Kier molecular flexibility index (Phi) is 4.49. The van der Waals surface area contributed by atoms with E-state index in [0.717, 1.165) is 9.99 Å². The molecule has 12 heavy (non-hydrogen) atoms. The van der Waals surface area contributed by atoms with Crippen molar-refractivity contribution in [2.24, 2.45) is 0 Å². The van der Waals surface area contributed by atoms with Crippen LogP contribution in [0.15, 0.2) is 27.8 Å². The molecule has 0 spiro atoms. The van der Waals surface area contributed by atoms with Crippen LogP contribution in [0.3, 0.4) is 0 Å². The summed E-state index contributed by atoms with van der Waals surface area (Å²) in [5.74, 6) is -0.184. The minimum atomic E-state index is -0.184. The van der Waals surface area contributed by atoms with E-state index < -0.39 is 0 Å². The Morgan fingerprint density at radius 3 is 2.42 bits per heavy atom. The maximum absolute atomic E-state index is 12.5. The molecule has 0 aliphatic heterocycles. The molecule has 0 aliphatic carbocycles. The van der Waals surface area contributed by atoms with Gasteiger partial charge in [-0.1, -0.05) is 34.7 Å². The highest BCUT2D eigenvalue weighted by molar-refractivity contribution is 14.1. The molecule has 1 rings (SSSR count). The van der Waals surface area contributed by atoms with E-state index in [1.807, 2.05) is 6.08 Å². The molecule has 0 amide bonds. The largest absolute Gasteiger partial charge is 0.207 e. The van der Waals surface area contributed by atoms with Crippen LogP contribution in [0.2, 0.25) is 0 Å². The van der Waals surface area contributed by atoms with Crippen LogP contribution in [0.5, 0.6) is 0 Å². The van der Waals surface area contributed by atoms with Gasteiger partial charge in [0.25, 0.3) is 0 Å². The summed E-state index contributed by atoms with van der Waals surface area (Å²) in [6, 6.07) is 6.51. The molecule has 0 saturated carbocycles. The average molecular weight is 388 g/mol. The molecule has 64 valence electrons. The molecule has 0 N–H and O–H groups in total. The van der Waals surface area contributed by atoms with Gasteiger partial charge in [-0.2, -0.15) is 0 Å². The van der Waals surface area contributed by atoms with E-state index in [1.54, 1.807) is 12.1 Å². The Morgan fingerprint density at radius 2 is 1.92 bits per heavy atom. The van der Waals surface area contributed by atoms with Crippen LogP contribution in [0.4, 0.5) is 4.39 Å². The Hall–Kier alpha value is 0.350. The normalized spacial score (nSPS) is 11.8. The van der Waals surface area contributed by atoms with Crippen molar-refractivity contribution >= 4 is 51.3 Å². The Labute approximate surface area is 98.5 Å². The van der Waals surface area contributed by atoms with Crippen LogP contribution in [0, 0.1) is 5.82 Å². The number of hydrogen-bond acceptors (Lipinski definition) is 0. The molecule has 0 atom stereocenters. The van der Waals surface area contributed by atoms with Crippen molar-refractivity contribution in [1.29, 1.82) is 0 Å². The molecule has 0 saturated heterocycles. The molecule has 0 heterocycles. The van der Waals surface area contributed by atoms with Crippen LogP contribution >= 0.6 is 45.2 Å². The van der Waals surface area contributed by atoms with Gasteiger partial charge < -0.3 is 0 Å². The third-order valence-electron chi connectivity index (χ3n) is 1.32. The fraction of sp³-hybridized carbons (Fsp3) is 0.111. The summed E-state index contributed by atoms with van der Waals surface area (Å²) in [6.45, 7) is 0. The van der Waals surface area contributed by atoms with Crippen molar-refractivity contribution in [3.05, 3.63) is 39.2 Å². The molecule has 0 aromatic heterocycles. The van der Waals surface area contributed by atoms with E-state index in [9.17, 15) is 4.39 Å². The highest BCUT2D eigenvalue weighted by Gasteiger charge is 1.91. The summed E-state index contributed by atoms with van der Waals surface area (Å²) in [6.07, 6.45) is 2.05. The maximum Gasteiger partial charge on any atom is 0.123 e. The summed E-state index contributed by atoms with van der Waals surface area (Å²) in [7, 11) is 0. The number of halogens is 3. The Bertz CT molecular complexity index is 277. The number of alkyl halides is 1. The molecule has 0 bridgehead atoms. The van der Waals surface area contributed by atoms with Gasteiger partial charge in [-0.15, -0.1) is 0 Å². The highest BCUT2D eigenvalue weighted by atomic mass is 127. The van der Waals surface area contributed by atoms with Crippen molar-refractivity contribution in [3.8, 4) is 0 Å². The van der Waals surface area contributed by atoms with Gasteiger partial charge in [0.05, 0.1) is 0 Å². The van der Waals surface area contributed by atoms with Crippen molar-refractivity contribution < 1.29 is 4.39 Å². The summed E-state index contributed by atoms with van der Waals surface area (Å²) in [5.41, 5.74) is 1.05. The fourth-order valence-electron chi connectivity index (χ4n) is 0.778. The van der Waals surface area contributed by atoms with E-state index in [-0.39, 0.29) is 5.82 Å². The predicted octanol–water partition coefficient (Wildman–Crippen LogP) is 4.04. The van der Waals surface area contributed by atoms with Crippen LogP contribution in [0.25, 0.3) is 6.08 Å². The standard InChI is InChI=1S/C9H7FI2/c10-8-3-1-7(2-4-8)5-9(12)6-11/h1-5H,6H2/b9-5+. The number of hydrogen-bond donors (Lipinski definition) is 0. The quantitative estimate of drug-likeness (QED) is 0.530. The molecule has 0 unspecified atom stereocenters. The van der Waals surface area contributed by atoms with Crippen molar-refractivity contribution in [1.82, 2.24) is 0 Å². The van der Waals surface area contributed by atoms with Crippen molar-refractivity contribution in [2.75, 3.05) is 4.43 Å². The first-order chi connectivity index (χ1) is 5.72. The number of allylic oxidation sites excluding steroid dienone is 1. The topological polar surface area (TPSA) is 0 Å². The fourth-order valence-corrected chi connectivity index (χ4v) is 1.36. The van der Waals surface area contributed by atoms with Crippen LogP contribution < -0.4 is 0 Å². The minimum Gasteiger partial charge on any atom is -0.207 e. The van der Waals surface area contributed by atoms with Crippen molar-refractivity contribution in [3.63, 3.8) is 0 Å². The van der Waals surface area contributed by atoms with E-state index in [0.29, 0.717) is 0 Å². The average Bonchev–Trinajstić information content (AvgIpc) is 2.09. The zero-order valence-electron chi connectivity index (χ0n) is 6.23. The lowest BCUT2D eigenvalue weighted by molar-refractivity contribution is 0.628. The summed E-state index contributed by atoms with van der Waals surface area (Å²) in [4.78, 5) is 0. The second kappa shape index (κ2) is 5.16. The maximum atomic E-state index is 12.5. The van der Waals surface area contributed by atoms with Gasteiger partial charge in [-0.3, -0.25) is 0 Å². The molecular formula is C9H7FI2. The summed E-state index contributed by atoms with van der Waals surface area (Å²) >= 11 is 4.57. The zero-order valence-corrected chi connectivity index (χ0v) is 10.5. The van der Waals surface area contributed by atoms with Gasteiger partial charge >= 0.3 is 0 Å². The lowest BCUT2D eigenvalue weighted by Gasteiger charge is -1.94. The van der Waals surface area contributed by atoms with Gasteiger partial charge in [-0.25, -0.2) is 4.39 Å². The van der Waals surface area contributed by atoms with Gasteiger partial charge in [-0.05, 0) is 46.4 Å². The summed E-state index contributed by atoms with van der Waals surface area (Å²) < 4.78 is 14.7. The second-order valence-electron chi connectivity index (χ2n) is 2.28. The van der Waals surface area contributed by atoms with Gasteiger partial charge in [0.1, 0.15) is 5.82 Å². The monoisotopic (exact) mass is 388 g/mol. The molecule has 1 aromatic rings. The minimum absolute atomic E-state index is 0.184. The molecule has 1 aromatic carbocycles. The van der Waals surface area contributed by atoms with Crippen molar-refractivity contribution in [2.45, 2.75) is 0 Å². The first-order valence-corrected chi connectivity index (χ1v) is 6.00. The van der Waals surface area contributed by atoms with E-state index >= 15 is 0 Å². The van der Waals surface area contributed by atoms with Gasteiger partial charge in [0, 0.05) is 8.01 Å². The van der Waals surface area contributed by atoms with E-state index in [2.05, 4.69) is 45.2 Å². The van der Waals surface area contributed by atoms with Crippen LogP contribution in [-0.4, -0.2) is 4.43 Å². The zero-order chi connectivity index (χ0) is 8.97. The van der Waals surface area contributed by atoms with Crippen LogP contribution in [0.1, 0.15) is 5.56 Å². The number of benzene rings is 1. The SMILES string of the molecule is Fc1ccc(/C=C(/I)CI)cc1. The third-order valence-corrected chi connectivity index (χ3v) is 4.30. The molecule has 3 heteroatoms. The predicted molar refractivity (Wildman–Crippen MR) is 67.3 cm³/mol. The first-order valence-electron chi connectivity index (χ1n) is 3.40. The molecular weight excluding hydrogens is 381 g/mol. The molecule has 0 aliphatic rings. The smallest absolute Gasteiger partial charge is 0.123 e. The lowest BCUT2D eigenvalue weighted by Crippen LogP contribution is -1.76. The molecule has 0 radical (unpaired) electrons. The highest BCUT2D eigenvalue weighted by Crippen LogP contribution is 2.15. The van der Waals surface area contributed by atoms with Gasteiger partial charge in [0.15, 0.2) is 0 Å². The second-order valence-corrected chi connectivity index (χ2v) is 4.42. The molecule has 0 nitrogen and oxygen atoms in total.